The molecule has 36 heavy (non-hydrogen) atoms. The van der Waals surface area contributed by atoms with Gasteiger partial charge in [-0.25, -0.2) is 0 Å². The normalized spacial score (nSPS) is 12.4. The standard InChI is InChI=1S/C30H44N2O4/c1-5-23(3)35-27-17-13-15-25(21-27)31-29(33)19-11-9-7-8-10-12-20-30(34)32-26-16-14-18-28(22-26)36-24(4)6-2/h13-18,21-24H,5-12,19-20H2,1-4H3,(H,31,33)(H,32,34). The number of hydrogen-bond donors (Lipinski definition) is 2. The number of ether oxygens (including phenoxy) is 2. The van der Waals surface area contributed by atoms with Crippen LogP contribution >= 0.6 is 0 Å². The first-order chi connectivity index (χ1) is 17.4. The van der Waals surface area contributed by atoms with Crippen molar-refractivity contribution in [3.8, 4) is 11.5 Å². The molecule has 2 aromatic carbocycles. The fourth-order valence-corrected chi connectivity index (χ4v) is 3.65. The second kappa shape index (κ2) is 16.6. The molecule has 198 valence electrons. The van der Waals surface area contributed by atoms with Crippen LogP contribution in [-0.4, -0.2) is 24.0 Å². The van der Waals surface area contributed by atoms with E-state index in [1.54, 1.807) is 0 Å². The summed E-state index contributed by atoms with van der Waals surface area (Å²) in [5.41, 5.74) is 1.54. The predicted octanol–water partition coefficient (Wildman–Crippen LogP) is 7.74. The van der Waals surface area contributed by atoms with Crippen LogP contribution in [0, 0.1) is 0 Å². The van der Waals surface area contributed by atoms with Crippen molar-refractivity contribution in [3.63, 3.8) is 0 Å². The zero-order valence-electron chi connectivity index (χ0n) is 22.5. The van der Waals surface area contributed by atoms with Crippen LogP contribution in [0.1, 0.15) is 91.9 Å². The summed E-state index contributed by atoms with van der Waals surface area (Å²) in [4.78, 5) is 24.5. The summed E-state index contributed by atoms with van der Waals surface area (Å²) >= 11 is 0. The Morgan fingerprint density at radius 2 is 1.06 bits per heavy atom. The molecular formula is C30H44N2O4. The number of nitrogens with one attached hydrogen (secondary N) is 2. The van der Waals surface area contributed by atoms with E-state index in [4.69, 9.17) is 9.47 Å². The third kappa shape index (κ3) is 12.1. The minimum atomic E-state index is 0.0333. The highest BCUT2D eigenvalue weighted by Gasteiger charge is 2.07. The van der Waals surface area contributed by atoms with Crippen LogP contribution in [0.15, 0.2) is 48.5 Å². The van der Waals surface area contributed by atoms with Crippen LogP contribution in [0.25, 0.3) is 0 Å². The van der Waals surface area contributed by atoms with Gasteiger partial charge < -0.3 is 20.1 Å². The van der Waals surface area contributed by atoms with Gasteiger partial charge >= 0.3 is 0 Å². The van der Waals surface area contributed by atoms with E-state index < -0.39 is 0 Å². The van der Waals surface area contributed by atoms with Crippen molar-refractivity contribution in [1.82, 2.24) is 0 Å². The molecule has 2 unspecified atom stereocenters. The molecule has 2 N–H and O–H groups in total. The van der Waals surface area contributed by atoms with Crippen LogP contribution in [0.5, 0.6) is 11.5 Å². The highest BCUT2D eigenvalue weighted by molar-refractivity contribution is 5.91. The molecule has 2 rings (SSSR count). The Morgan fingerprint density at radius 3 is 1.44 bits per heavy atom. The first kappa shape index (κ1) is 29.2. The van der Waals surface area contributed by atoms with E-state index in [0.717, 1.165) is 74.2 Å². The molecule has 2 amide bonds. The molecule has 2 atom stereocenters. The van der Waals surface area contributed by atoms with Crippen LogP contribution in [-0.2, 0) is 9.59 Å². The van der Waals surface area contributed by atoms with Crippen molar-refractivity contribution in [2.45, 2.75) is 104 Å². The fourth-order valence-electron chi connectivity index (χ4n) is 3.65. The number of carbonyl (C=O) groups excluding carboxylic acids is 2. The first-order valence-corrected chi connectivity index (χ1v) is 13.5. The lowest BCUT2D eigenvalue weighted by Gasteiger charge is -2.13. The Labute approximate surface area is 217 Å². The minimum absolute atomic E-state index is 0.0333. The van der Waals surface area contributed by atoms with Crippen LogP contribution in [0.3, 0.4) is 0 Å². The van der Waals surface area contributed by atoms with E-state index in [-0.39, 0.29) is 24.0 Å². The lowest BCUT2D eigenvalue weighted by Crippen LogP contribution is -2.12. The molecule has 0 aliphatic heterocycles. The van der Waals surface area contributed by atoms with E-state index in [9.17, 15) is 9.59 Å². The number of unbranched alkanes of at least 4 members (excludes halogenated alkanes) is 5. The monoisotopic (exact) mass is 496 g/mol. The van der Waals surface area contributed by atoms with Crippen LogP contribution in [0.4, 0.5) is 11.4 Å². The van der Waals surface area contributed by atoms with Gasteiger partial charge in [0.15, 0.2) is 0 Å². The van der Waals surface area contributed by atoms with Gasteiger partial charge in [0, 0.05) is 36.3 Å². The van der Waals surface area contributed by atoms with Crippen LogP contribution in [0.2, 0.25) is 0 Å². The first-order valence-electron chi connectivity index (χ1n) is 13.5. The topological polar surface area (TPSA) is 76.7 Å². The molecule has 6 heteroatoms. The maximum absolute atomic E-state index is 12.2. The molecule has 2 aromatic rings. The van der Waals surface area contributed by atoms with Crippen molar-refractivity contribution in [3.05, 3.63) is 48.5 Å². The molecular weight excluding hydrogens is 452 g/mol. The molecule has 0 aliphatic rings. The lowest BCUT2D eigenvalue weighted by atomic mass is 10.1. The maximum Gasteiger partial charge on any atom is 0.224 e. The molecule has 0 aliphatic carbocycles. The Morgan fingerprint density at radius 1 is 0.667 bits per heavy atom. The summed E-state index contributed by atoms with van der Waals surface area (Å²) in [5.74, 6) is 1.62. The number of benzene rings is 2. The summed E-state index contributed by atoms with van der Waals surface area (Å²) in [6.07, 6.45) is 9.10. The van der Waals surface area contributed by atoms with Gasteiger partial charge in [0.05, 0.1) is 12.2 Å². The van der Waals surface area contributed by atoms with Gasteiger partial charge in [-0.15, -0.1) is 0 Å². The fraction of sp³-hybridized carbons (Fsp3) is 0.533. The van der Waals surface area contributed by atoms with Crippen molar-refractivity contribution in [2.24, 2.45) is 0 Å². The molecule has 0 spiro atoms. The summed E-state index contributed by atoms with van der Waals surface area (Å²) < 4.78 is 11.6. The van der Waals surface area contributed by atoms with Gasteiger partial charge in [0.1, 0.15) is 11.5 Å². The largest absolute Gasteiger partial charge is 0.491 e. The molecule has 0 fully saturated rings. The number of anilines is 2. The summed E-state index contributed by atoms with van der Waals surface area (Å²) in [7, 11) is 0. The average Bonchev–Trinajstić information content (AvgIpc) is 2.85. The average molecular weight is 497 g/mol. The number of amides is 2. The molecule has 0 heterocycles. The molecule has 0 saturated heterocycles. The van der Waals surface area contributed by atoms with E-state index in [1.165, 1.54) is 0 Å². The van der Waals surface area contributed by atoms with Gasteiger partial charge in [-0.05, 0) is 63.8 Å². The maximum atomic E-state index is 12.2. The number of hydrogen-bond acceptors (Lipinski definition) is 4. The molecule has 0 saturated carbocycles. The van der Waals surface area contributed by atoms with E-state index in [1.807, 2.05) is 62.4 Å². The second-order valence-electron chi connectivity index (χ2n) is 9.45. The zero-order valence-corrected chi connectivity index (χ0v) is 22.5. The molecule has 0 radical (unpaired) electrons. The van der Waals surface area contributed by atoms with Crippen molar-refractivity contribution in [2.75, 3.05) is 10.6 Å². The predicted molar refractivity (Wildman–Crippen MR) is 148 cm³/mol. The minimum Gasteiger partial charge on any atom is -0.491 e. The SMILES string of the molecule is CCC(C)Oc1cccc(NC(=O)CCCCCCCCC(=O)Nc2cccc(OC(C)CC)c2)c1. The lowest BCUT2D eigenvalue weighted by molar-refractivity contribution is -0.117. The highest BCUT2D eigenvalue weighted by atomic mass is 16.5. The van der Waals surface area contributed by atoms with Gasteiger partial charge in [-0.2, -0.15) is 0 Å². The van der Waals surface area contributed by atoms with Gasteiger partial charge in [0.25, 0.3) is 0 Å². The quantitative estimate of drug-likeness (QED) is 0.220. The van der Waals surface area contributed by atoms with Gasteiger partial charge in [0.2, 0.25) is 11.8 Å². The smallest absolute Gasteiger partial charge is 0.224 e. The number of rotatable bonds is 17. The van der Waals surface area contributed by atoms with Crippen LogP contribution < -0.4 is 20.1 Å². The van der Waals surface area contributed by atoms with Crippen molar-refractivity contribution in [1.29, 1.82) is 0 Å². The van der Waals surface area contributed by atoms with Gasteiger partial charge in [-0.3, -0.25) is 9.59 Å². The third-order valence-corrected chi connectivity index (χ3v) is 6.12. The Balaban J connectivity index is 1.54. The number of carbonyl (C=O) groups is 2. The van der Waals surface area contributed by atoms with E-state index in [0.29, 0.717) is 12.8 Å². The van der Waals surface area contributed by atoms with E-state index in [2.05, 4.69) is 24.5 Å². The third-order valence-electron chi connectivity index (χ3n) is 6.12. The summed E-state index contributed by atoms with van der Waals surface area (Å²) in [6, 6.07) is 15.1. The zero-order chi connectivity index (χ0) is 26.2. The molecule has 6 nitrogen and oxygen atoms in total. The van der Waals surface area contributed by atoms with Gasteiger partial charge in [-0.1, -0.05) is 51.7 Å². The highest BCUT2D eigenvalue weighted by Crippen LogP contribution is 2.21. The van der Waals surface area contributed by atoms with Crippen molar-refractivity contribution >= 4 is 23.2 Å². The van der Waals surface area contributed by atoms with Crippen molar-refractivity contribution < 1.29 is 19.1 Å². The Kier molecular flexibility index (Phi) is 13.5. The summed E-state index contributed by atoms with van der Waals surface area (Å²) in [6.45, 7) is 8.23. The molecule has 0 aromatic heterocycles. The Bertz CT molecular complexity index is 855. The van der Waals surface area contributed by atoms with E-state index >= 15 is 0 Å². The summed E-state index contributed by atoms with van der Waals surface area (Å²) in [5, 5.41) is 5.92. The molecule has 0 bridgehead atoms. The Hall–Kier alpha value is -3.02. The second-order valence-corrected chi connectivity index (χ2v) is 9.45.